The van der Waals surface area contributed by atoms with E-state index in [-0.39, 0.29) is 0 Å². The molecule has 2 atom stereocenters. The highest BCUT2D eigenvalue weighted by Crippen LogP contribution is 2.28. The van der Waals surface area contributed by atoms with E-state index in [9.17, 15) is 0 Å². The summed E-state index contributed by atoms with van der Waals surface area (Å²) in [6, 6.07) is 10.7. The Morgan fingerprint density at radius 1 is 1.22 bits per heavy atom. The molecule has 2 nitrogen and oxygen atoms in total. The molecule has 0 spiro atoms. The van der Waals surface area contributed by atoms with Gasteiger partial charge >= 0.3 is 0 Å². The average molecular weight is 242 g/mol. The molecule has 1 saturated carbocycles. The van der Waals surface area contributed by atoms with E-state index in [2.05, 4.69) is 16.2 Å². The number of nitrogens with zero attached hydrogens (tertiary/aromatic N) is 2. The van der Waals surface area contributed by atoms with Crippen LogP contribution in [-0.2, 0) is 0 Å². The Morgan fingerprint density at radius 2 is 2.06 bits per heavy atom. The molecule has 0 aliphatic heterocycles. The van der Waals surface area contributed by atoms with Gasteiger partial charge in [0.15, 0.2) is 0 Å². The molecule has 0 bridgehead atoms. The van der Waals surface area contributed by atoms with Gasteiger partial charge in [-0.05, 0) is 56.9 Å². The minimum Gasteiger partial charge on any atom is -0.295 e. The number of hydrogen-bond acceptors (Lipinski definition) is 2. The molecule has 0 amide bonds. The largest absolute Gasteiger partial charge is 0.295 e. The first kappa shape index (κ1) is 13.0. The Balaban J connectivity index is 1.81. The summed E-state index contributed by atoms with van der Waals surface area (Å²) < 4.78 is 0. The van der Waals surface area contributed by atoms with Crippen molar-refractivity contribution in [2.45, 2.75) is 45.1 Å². The highest BCUT2D eigenvalue weighted by Gasteiger charge is 2.19. The first-order valence-corrected chi connectivity index (χ1v) is 6.94. The molecule has 0 saturated heterocycles. The second-order valence-electron chi connectivity index (χ2n) is 4.98. The van der Waals surface area contributed by atoms with Crippen molar-refractivity contribution in [2.24, 2.45) is 15.9 Å². The highest BCUT2D eigenvalue weighted by molar-refractivity contribution is 5.63. The van der Waals surface area contributed by atoms with E-state index in [1.54, 1.807) is 0 Å². The van der Waals surface area contributed by atoms with Gasteiger partial charge in [-0.1, -0.05) is 24.6 Å². The molecular formula is C16H22N2. The van der Waals surface area contributed by atoms with Crippen LogP contribution >= 0.6 is 0 Å². The van der Waals surface area contributed by atoms with Crippen LogP contribution in [-0.4, -0.2) is 18.5 Å². The minimum atomic E-state index is 0.555. The van der Waals surface area contributed by atoms with Gasteiger partial charge in [0.2, 0.25) is 0 Å². The van der Waals surface area contributed by atoms with Gasteiger partial charge < -0.3 is 0 Å². The summed E-state index contributed by atoms with van der Waals surface area (Å²) in [5.41, 5.74) is 1.05. The molecule has 1 aliphatic rings. The molecule has 0 heterocycles. The Morgan fingerprint density at radius 3 is 2.83 bits per heavy atom. The Bertz CT molecular complexity index is 395. The van der Waals surface area contributed by atoms with Gasteiger partial charge in [-0.2, -0.15) is 0 Å². The summed E-state index contributed by atoms with van der Waals surface area (Å²) in [4.78, 5) is 9.04. The summed E-state index contributed by atoms with van der Waals surface area (Å²) >= 11 is 0. The summed E-state index contributed by atoms with van der Waals surface area (Å²) in [6.45, 7) is 2.01. The van der Waals surface area contributed by atoms with Crippen molar-refractivity contribution < 1.29 is 0 Å². The summed E-state index contributed by atoms with van der Waals surface area (Å²) in [5, 5.41) is 0. The van der Waals surface area contributed by atoms with Crippen LogP contribution in [0.25, 0.3) is 0 Å². The minimum absolute atomic E-state index is 0.555. The van der Waals surface area contributed by atoms with Gasteiger partial charge in [0.1, 0.15) is 0 Å². The van der Waals surface area contributed by atoms with Crippen LogP contribution < -0.4 is 0 Å². The predicted molar refractivity (Wildman–Crippen MR) is 79.1 cm³/mol. The second kappa shape index (κ2) is 7.10. The number of benzene rings is 1. The standard InChI is InChI=1S/C16H22N2/c1-2-17-16-10-6-7-14(13-16)11-12-18-15-8-4-3-5-9-15/h2-5,8-9,12,14,16H,6-7,10-11,13H2,1H3/b17-2+,18-12+. The molecule has 2 rings (SSSR count). The van der Waals surface area contributed by atoms with Crippen molar-refractivity contribution in [1.82, 2.24) is 0 Å². The monoisotopic (exact) mass is 242 g/mol. The van der Waals surface area contributed by atoms with E-state index in [1.165, 1.54) is 25.7 Å². The number of hydrogen-bond donors (Lipinski definition) is 0. The fraction of sp³-hybridized carbons (Fsp3) is 0.500. The second-order valence-corrected chi connectivity index (χ2v) is 4.98. The Hall–Kier alpha value is -1.44. The number of rotatable bonds is 4. The van der Waals surface area contributed by atoms with E-state index in [0.29, 0.717) is 6.04 Å². The Kier molecular flexibility index (Phi) is 5.13. The maximum absolute atomic E-state index is 4.53. The summed E-state index contributed by atoms with van der Waals surface area (Å²) in [6.07, 6.45) is 10.2. The SMILES string of the molecule is C/C=N/C1CCCC(C/C=N/c2ccccc2)C1. The lowest BCUT2D eigenvalue weighted by Crippen LogP contribution is -2.18. The Labute approximate surface area is 110 Å². The van der Waals surface area contributed by atoms with E-state index in [1.807, 2.05) is 43.5 Å². The topological polar surface area (TPSA) is 24.7 Å². The molecule has 2 heteroatoms. The normalized spacial score (nSPS) is 24.9. The smallest absolute Gasteiger partial charge is 0.0625 e. The molecule has 1 aliphatic carbocycles. The van der Waals surface area contributed by atoms with Crippen LogP contribution in [0.2, 0.25) is 0 Å². The van der Waals surface area contributed by atoms with Gasteiger partial charge in [0.05, 0.1) is 5.69 Å². The van der Waals surface area contributed by atoms with Crippen LogP contribution in [0.5, 0.6) is 0 Å². The van der Waals surface area contributed by atoms with Crippen LogP contribution in [0.15, 0.2) is 40.3 Å². The van der Waals surface area contributed by atoms with E-state index >= 15 is 0 Å². The van der Waals surface area contributed by atoms with Crippen LogP contribution in [0.4, 0.5) is 5.69 Å². The maximum atomic E-state index is 4.53. The third-order valence-corrected chi connectivity index (χ3v) is 3.55. The van der Waals surface area contributed by atoms with Crippen molar-refractivity contribution in [2.75, 3.05) is 0 Å². The third kappa shape index (κ3) is 4.10. The lowest BCUT2D eigenvalue weighted by atomic mass is 9.84. The van der Waals surface area contributed by atoms with Gasteiger partial charge in [-0.15, -0.1) is 0 Å². The van der Waals surface area contributed by atoms with Crippen molar-refractivity contribution in [1.29, 1.82) is 0 Å². The number of para-hydroxylation sites is 1. The molecular weight excluding hydrogens is 220 g/mol. The fourth-order valence-electron chi connectivity index (χ4n) is 2.64. The van der Waals surface area contributed by atoms with E-state index < -0.39 is 0 Å². The third-order valence-electron chi connectivity index (χ3n) is 3.55. The highest BCUT2D eigenvalue weighted by atomic mass is 14.8. The lowest BCUT2D eigenvalue weighted by Gasteiger charge is -2.25. The van der Waals surface area contributed by atoms with Crippen LogP contribution in [0, 0.1) is 5.92 Å². The van der Waals surface area contributed by atoms with Crippen LogP contribution in [0.1, 0.15) is 39.0 Å². The van der Waals surface area contributed by atoms with Gasteiger partial charge in [0, 0.05) is 12.3 Å². The molecule has 96 valence electrons. The quantitative estimate of drug-likeness (QED) is 0.698. The molecule has 0 aromatic heterocycles. The van der Waals surface area contributed by atoms with Gasteiger partial charge in [-0.3, -0.25) is 9.98 Å². The molecule has 1 fully saturated rings. The van der Waals surface area contributed by atoms with E-state index in [0.717, 1.165) is 18.0 Å². The first-order valence-electron chi connectivity index (χ1n) is 6.94. The van der Waals surface area contributed by atoms with Crippen LogP contribution in [0.3, 0.4) is 0 Å². The predicted octanol–water partition coefficient (Wildman–Crippen LogP) is 4.43. The first-order chi connectivity index (χ1) is 8.88. The fourth-order valence-corrected chi connectivity index (χ4v) is 2.64. The molecule has 18 heavy (non-hydrogen) atoms. The van der Waals surface area contributed by atoms with Gasteiger partial charge in [-0.25, -0.2) is 0 Å². The molecule has 1 aromatic carbocycles. The molecule has 2 unspecified atom stereocenters. The van der Waals surface area contributed by atoms with Crippen molar-refractivity contribution >= 4 is 18.1 Å². The zero-order valence-electron chi connectivity index (χ0n) is 11.1. The molecule has 0 radical (unpaired) electrons. The molecule has 0 N–H and O–H groups in total. The zero-order valence-corrected chi connectivity index (χ0v) is 11.1. The lowest BCUT2D eigenvalue weighted by molar-refractivity contribution is 0.333. The average Bonchev–Trinajstić information content (AvgIpc) is 2.41. The molecule has 1 aromatic rings. The van der Waals surface area contributed by atoms with E-state index in [4.69, 9.17) is 0 Å². The zero-order chi connectivity index (χ0) is 12.6. The number of aliphatic imine (C=N–C) groups is 2. The summed E-state index contributed by atoms with van der Waals surface area (Å²) in [7, 11) is 0. The van der Waals surface area contributed by atoms with Gasteiger partial charge in [0.25, 0.3) is 0 Å². The maximum Gasteiger partial charge on any atom is 0.0625 e. The van der Waals surface area contributed by atoms with Crippen molar-refractivity contribution in [3.05, 3.63) is 30.3 Å². The summed E-state index contributed by atoms with van der Waals surface area (Å²) in [5.74, 6) is 0.764. The van der Waals surface area contributed by atoms with Crippen molar-refractivity contribution in [3.8, 4) is 0 Å². The van der Waals surface area contributed by atoms with Crippen molar-refractivity contribution in [3.63, 3.8) is 0 Å².